The largest absolute Gasteiger partial charge is 0.474 e. The van der Waals surface area contributed by atoms with Crippen LogP contribution in [0.1, 0.15) is 129 Å². The molecule has 0 amide bonds. The van der Waals surface area contributed by atoms with Gasteiger partial charge in [-0.2, -0.15) is 0 Å². The number of rotatable bonds is 19. The molecule has 2 bridgehead atoms. The lowest BCUT2D eigenvalue weighted by Crippen LogP contribution is -2.23. The Bertz CT molecular complexity index is 458. The number of unbranched alkanes of at least 4 members (excludes halogenated alkanes) is 13. The van der Waals surface area contributed by atoms with Crippen LogP contribution in [0.5, 0.6) is 0 Å². The normalized spacial score (nSPS) is 25.5. The Balaban J connectivity index is 1.39. The maximum Gasteiger partial charge on any atom is 0.474 e. The lowest BCUT2D eigenvalue weighted by atomic mass is 9.87. The summed E-state index contributed by atoms with van der Waals surface area (Å²) in [6, 6.07) is 0. The van der Waals surface area contributed by atoms with Crippen molar-refractivity contribution in [2.24, 2.45) is 11.8 Å². The van der Waals surface area contributed by atoms with Crippen molar-refractivity contribution in [2.75, 3.05) is 13.7 Å². The van der Waals surface area contributed by atoms with Gasteiger partial charge < -0.3 is 0 Å². The van der Waals surface area contributed by atoms with E-state index < -0.39 is 7.82 Å². The van der Waals surface area contributed by atoms with E-state index in [9.17, 15) is 4.57 Å². The molecule has 0 radical (unpaired) electrons. The fraction of sp³-hybridized carbons (Fsp3) is 1.00. The lowest BCUT2D eigenvalue weighted by Gasteiger charge is -2.29. The van der Waals surface area contributed by atoms with Gasteiger partial charge in [-0.3, -0.25) is 13.6 Å². The number of fused-ring (bicyclic) bond motifs is 2. The third-order valence-corrected chi connectivity index (χ3v) is 8.59. The predicted molar refractivity (Wildman–Crippen MR) is 126 cm³/mol. The maximum atomic E-state index is 12.8. The van der Waals surface area contributed by atoms with Crippen molar-refractivity contribution in [2.45, 2.75) is 135 Å². The highest BCUT2D eigenvalue weighted by Crippen LogP contribution is 2.54. The second-order valence-corrected chi connectivity index (χ2v) is 11.5. The molecule has 5 heteroatoms. The topological polar surface area (TPSA) is 44.8 Å². The van der Waals surface area contributed by atoms with Crippen molar-refractivity contribution >= 4 is 7.82 Å². The Labute approximate surface area is 186 Å². The van der Waals surface area contributed by atoms with Gasteiger partial charge in [-0.1, -0.05) is 103 Å². The zero-order valence-electron chi connectivity index (χ0n) is 20.0. The summed E-state index contributed by atoms with van der Waals surface area (Å²) >= 11 is 0. The van der Waals surface area contributed by atoms with Crippen LogP contribution in [0.3, 0.4) is 0 Å². The summed E-state index contributed by atoms with van der Waals surface area (Å²) in [6.07, 6.45) is 24.6. The molecule has 30 heavy (non-hydrogen) atoms. The molecule has 4 nitrogen and oxygen atoms in total. The van der Waals surface area contributed by atoms with Crippen LogP contribution in [-0.4, -0.2) is 19.8 Å². The van der Waals surface area contributed by atoms with E-state index in [0.717, 1.165) is 37.5 Å². The minimum atomic E-state index is -3.38. The molecule has 2 rings (SSSR count). The molecule has 0 heterocycles. The molecule has 2 aliphatic rings. The van der Waals surface area contributed by atoms with Crippen LogP contribution in [-0.2, 0) is 18.1 Å². The summed E-state index contributed by atoms with van der Waals surface area (Å²) < 4.78 is 29.3. The fourth-order valence-electron chi connectivity index (χ4n) is 5.31. The van der Waals surface area contributed by atoms with Crippen LogP contribution in [0.25, 0.3) is 0 Å². The van der Waals surface area contributed by atoms with Gasteiger partial charge in [0.25, 0.3) is 0 Å². The van der Waals surface area contributed by atoms with Gasteiger partial charge in [0.2, 0.25) is 0 Å². The summed E-state index contributed by atoms with van der Waals surface area (Å²) in [6.45, 7) is 2.75. The van der Waals surface area contributed by atoms with E-state index in [4.69, 9.17) is 13.6 Å². The number of hydrogen-bond donors (Lipinski definition) is 0. The van der Waals surface area contributed by atoms with Crippen molar-refractivity contribution in [3.05, 3.63) is 0 Å². The standard InChI is InChI=1S/C25H49O4P/c1-3-4-5-6-7-8-9-10-11-12-13-14-15-16-19-28-30(26,27-2)29-25-21-23-17-18-24(20-23)22-25/h23-25H,3-22H2,1-2H3/t23-,24?,25?,30?/m0/s1. The van der Waals surface area contributed by atoms with Crippen molar-refractivity contribution in [1.29, 1.82) is 0 Å². The highest BCUT2D eigenvalue weighted by atomic mass is 31.2. The first kappa shape index (κ1) is 26.4. The summed E-state index contributed by atoms with van der Waals surface area (Å²) in [5.74, 6) is 1.51. The third kappa shape index (κ3) is 11.1. The molecule has 178 valence electrons. The van der Waals surface area contributed by atoms with E-state index >= 15 is 0 Å². The van der Waals surface area contributed by atoms with Gasteiger partial charge in [0.1, 0.15) is 0 Å². The van der Waals surface area contributed by atoms with Crippen molar-refractivity contribution in [1.82, 2.24) is 0 Å². The molecule has 2 aliphatic carbocycles. The summed E-state index contributed by atoms with van der Waals surface area (Å²) in [5, 5.41) is 0. The van der Waals surface area contributed by atoms with Gasteiger partial charge in [-0.25, -0.2) is 4.57 Å². The highest BCUT2D eigenvalue weighted by molar-refractivity contribution is 7.48. The minimum Gasteiger partial charge on any atom is -0.290 e. The molecule has 0 aromatic carbocycles. The first-order valence-electron chi connectivity index (χ1n) is 13.1. The lowest BCUT2D eigenvalue weighted by molar-refractivity contribution is 0.0550. The van der Waals surface area contributed by atoms with Crippen LogP contribution < -0.4 is 0 Å². The van der Waals surface area contributed by atoms with Crippen molar-refractivity contribution < 1.29 is 18.1 Å². The van der Waals surface area contributed by atoms with Gasteiger partial charge >= 0.3 is 7.82 Å². The zero-order valence-corrected chi connectivity index (χ0v) is 20.8. The number of phosphoric acid groups is 1. The van der Waals surface area contributed by atoms with E-state index in [0.29, 0.717) is 6.61 Å². The quantitative estimate of drug-likeness (QED) is 0.147. The number of phosphoric ester groups is 1. The zero-order chi connectivity index (χ0) is 21.5. The second kappa shape index (κ2) is 15.8. The van der Waals surface area contributed by atoms with Crippen LogP contribution in [0, 0.1) is 11.8 Å². The average Bonchev–Trinajstić information content (AvgIpc) is 3.09. The Morgan fingerprint density at radius 1 is 0.700 bits per heavy atom. The summed E-state index contributed by atoms with van der Waals surface area (Å²) in [5.41, 5.74) is 0. The van der Waals surface area contributed by atoms with Gasteiger partial charge in [0.15, 0.2) is 0 Å². The Morgan fingerprint density at radius 2 is 1.17 bits per heavy atom. The fourth-order valence-corrected chi connectivity index (χ4v) is 6.46. The molecule has 0 aromatic rings. The average molecular weight is 445 g/mol. The first-order valence-corrected chi connectivity index (χ1v) is 14.6. The monoisotopic (exact) mass is 444 g/mol. The molecular weight excluding hydrogens is 395 g/mol. The van der Waals surface area contributed by atoms with Crippen LogP contribution >= 0.6 is 7.82 Å². The van der Waals surface area contributed by atoms with Crippen LogP contribution in [0.4, 0.5) is 0 Å². The minimum absolute atomic E-state index is 0.0540. The third-order valence-electron chi connectivity index (χ3n) is 7.09. The first-order chi connectivity index (χ1) is 14.6. The second-order valence-electron chi connectivity index (χ2n) is 9.80. The molecule has 0 aromatic heterocycles. The van der Waals surface area contributed by atoms with Crippen LogP contribution in [0.15, 0.2) is 0 Å². The SMILES string of the molecule is CCCCCCCCCCCCCCCCOP(=O)(OC)OC1CC2CC[C@@H](C2)C1. The Kier molecular flexibility index (Phi) is 13.9. The summed E-state index contributed by atoms with van der Waals surface area (Å²) in [7, 11) is -1.93. The molecule has 3 unspecified atom stereocenters. The molecule has 2 saturated carbocycles. The van der Waals surface area contributed by atoms with Crippen molar-refractivity contribution in [3.63, 3.8) is 0 Å². The van der Waals surface area contributed by atoms with Gasteiger partial charge in [0, 0.05) is 7.11 Å². The van der Waals surface area contributed by atoms with Gasteiger partial charge in [-0.05, 0) is 37.5 Å². The van der Waals surface area contributed by atoms with E-state index in [-0.39, 0.29) is 6.10 Å². The molecule has 0 saturated heterocycles. The maximum absolute atomic E-state index is 12.8. The van der Waals surface area contributed by atoms with E-state index in [2.05, 4.69) is 6.92 Å². The Hall–Kier alpha value is 0.110. The molecule has 0 aliphatic heterocycles. The van der Waals surface area contributed by atoms with Gasteiger partial charge in [0.05, 0.1) is 12.7 Å². The van der Waals surface area contributed by atoms with E-state index in [1.807, 2.05) is 0 Å². The summed E-state index contributed by atoms with van der Waals surface area (Å²) in [4.78, 5) is 0. The number of hydrogen-bond acceptors (Lipinski definition) is 4. The van der Waals surface area contributed by atoms with Gasteiger partial charge in [-0.15, -0.1) is 0 Å². The predicted octanol–water partition coefficient (Wildman–Crippen LogP) is 8.83. The molecular formula is C25H49O4P. The van der Waals surface area contributed by atoms with Crippen molar-refractivity contribution in [3.8, 4) is 0 Å². The van der Waals surface area contributed by atoms with E-state index in [1.54, 1.807) is 0 Å². The van der Waals surface area contributed by atoms with Crippen LogP contribution in [0.2, 0.25) is 0 Å². The van der Waals surface area contributed by atoms with E-state index in [1.165, 1.54) is 103 Å². The molecule has 2 fully saturated rings. The molecule has 0 spiro atoms. The molecule has 4 atom stereocenters. The smallest absolute Gasteiger partial charge is 0.290 e. The highest BCUT2D eigenvalue weighted by Gasteiger charge is 2.38. The Morgan fingerprint density at radius 3 is 1.63 bits per heavy atom. The molecule has 0 N–H and O–H groups in total.